The third-order valence-electron chi connectivity index (χ3n) is 6.61. The molecule has 0 bridgehead atoms. The molecule has 0 atom stereocenters. The minimum absolute atomic E-state index is 0.0700. The van der Waals surface area contributed by atoms with Gasteiger partial charge >= 0.3 is 6.03 Å². The van der Waals surface area contributed by atoms with Crippen LogP contribution in [0.4, 0.5) is 10.5 Å². The Hall–Kier alpha value is -3.73. The second-order valence-electron chi connectivity index (χ2n) is 9.25. The number of hydrogen-bond donors (Lipinski definition) is 2. The molecule has 2 N–H and O–H groups in total. The van der Waals surface area contributed by atoms with E-state index in [4.69, 9.17) is 11.6 Å². The standard InChI is InChI=1S/C27H26ClN5O4S/c1-31-10-12-32(13-11-31)27(37)29-15-17-4-2-5-18(14-17)16-33-25(35)19-6-3-7-20(23(19)26(33)36)30-24(34)21-8-9-22(28)38-21/h2-9,14H,10-13,15-16H2,1H3,(H,29,37)(H,30,34). The van der Waals surface area contributed by atoms with Crippen LogP contribution < -0.4 is 10.6 Å². The van der Waals surface area contributed by atoms with Crippen LogP contribution >= 0.6 is 22.9 Å². The number of nitrogens with zero attached hydrogens (tertiary/aromatic N) is 3. The molecule has 38 heavy (non-hydrogen) atoms. The molecule has 0 saturated carbocycles. The number of anilines is 1. The predicted octanol–water partition coefficient (Wildman–Crippen LogP) is 3.91. The summed E-state index contributed by atoms with van der Waals surface area (Å²) in [4.78, 5) is 57.2. The summed E-state index contributed by atoms with van der Waals surface area (Å²) in [5.74, 6) is -1.30. The molecule has 3 aromatic rings. The number of likely N-dealkylation sites (N-methyl/N-ethyl adjacent to an activating group) is 1. The van der Waals surface area contributed by atoms with Gasteiger partial charge in [-0.25, -0.2) is 4.79 Å². The number of carbonyl (C=O) groups is 4. The molecule has 0 aliphatic carbocycles. The average molecular weight is 552 g/mol. The molecule has 5 amide bonds. The molecule has 2 aliphatic rings. The highest BCUT2D eigenvalue weighted by Gasteiger charge is 2.37. The summed E-state index contributed by atoms with van der Waals surface area (Å²) in [6.45, 7) is 3.47. The molecule has 2 aliphatic heterocycles. The Labute approximate surface area is 229 Å². The quantitative estimate of drug-likeness (QED) is 0.452. The average Bonchev–Trinajstić information content (AvgIpc) is 3.45. The molecule has 1 saturated heterocycles. The second-order valence-corrected chi connectivity index (χ2v) is 11.0. The van der Waals surface area contributed by atoms with Crippen molar-refractivity contribution in [3.8, 4) is 0 Å². The lowest BCUT2D eigenvalue weighted by atomic mass is 10.1. The number of benzene rings is 2. The summed E-state index contributed by atoms with van der Waals surface area (Å²) in [5, 5.41) is 5.69. The van der Waals surface area contributed by atoms with Gasteiger partial charge in [-0.2, -0.15) is 0 Å². The first-order chi connectivity index (χ1) is 18.3. The molecule has 0 spiro atoms. The van der Waals surface area contributed by atoms with E-state index in [9.17, 15) is 19.2 Å². The largest absolute Gasteiger partial charge is 0.334 e. The number of rotatable bonds is 6. The smallest absolute Gasteiger partial charge is 0.317 e. The summed E-state index contributed by atoms with van der Waals surface area (Å²) >= 11 is 7.06. The summed E-state index contributed by atoms with van der Waals surface area (Å²) < 4.78 is 0.479. The zero-order valence-electron chi connectivity index (χ0n) is 20.7. The van der Waals surface area contributed by atoms with E-state index in [0.29, 0.717) is 28.8 Å². The van der Waals surface area contributed by atoms with E-state index in [1.807, 2.05) is 31.3 Å². The number of urea groups is 1. The predicted molar refractivity (Wildman–Crippen MR) is 146 cm³/mol. The maximum absolute atomic E-state index is 13.3. The molecule has 1 aromatic heterocycles. The van der Waals surface area contributed by atoms with Crippen molar-refractivity contribution in [1.82, 2.24) is 20.0 Å². The minimum atomic E-state index is -0.473. The van der Waals surface area contributed by atoms with Crippen LogP contribution in [0.25, 0.3) is 0 Å². The number of imide groups is 1. The van der Waals surface area contributed by atoms with E-state index >= 15 is 0 Å². The number of amides is 5. The SMILES string of the molecule is CN1CCN(C(=O)NCc2cccc(CN3C(=O)c4cccc(NC(=O)c5ccc(Cl)s5)c4C3=O)c2)CC1. The van der Waals surface area contributed by atoms with Gasteiger partial charge in [0.15, 0.2) is 0 Å². The molecule has 5 rings (SSSR count). The van der Waals surface area contributed by atoms with E-state index in [0.717, 1.165) is 35.6 Å². The van der Waals surface area contributed by atoms with Crippen LogP contribution in [-0.4, -0.2) is 71.7 Å². The normalized spacial score (nSPS) is 15.5. The van der Waals surface area contributed by atoms with Gasteiger partial charge in [0.1, 0.15) is 0 Å². The molecule has 11 heteroatoms. The first-order valence-corrected chi connectivity index (χ1v) is 13.3. The van der Waals surface area contributed by atoms with E-state index in [2.05, 4.69) is 15.5 Å². The van der Waals surface area contributed by atoms with E-state index in [1.165, 1.54) is 4.90 Å². The van der Waals surface area contributed by atoms with Crippen molar-refractivity contribution >= 4 is 52.4 Å². The topological polar surface area (TPSA) is 102 Å². The van der Waals surface area contributed by atoms with E-state index in [-0.39, 0.29) is 29.4 Å². The van der Waals surface area contributed by atoms with Gasteiger partial charge in [-0.3, -0.25) is 19.3 Å². The summed E-state index contributed by atoms with van der Waals surface area (Å²) in [5.41, 5.74) is 2.31. The van der Waals surface area contributed by atoms with Gasteiger partial charge in [0.05, 0.1) is 32.6 Å². The number of piperazine rings is 1. The maximum Gasteiger partial charge on any atom is 0.317 e. The fourth-order valence-electron chi connectivity index (χ4n) is 4.52. The Balaban J connectivity index is 1.26. The van der Waals surface area contributed by atoms with Crippen LogP contribution in [0.1, 0.15) is 41.5 Å². The molecular weight excluding hydrogens is 526 g/mol. The van der Waals surface area contributed by atoms with Crippen LogP contribution in [-0.2, 0) is 13.1 Å². The number of carbonyl (C=O) groups excluding carboxylic acids is 4. The lowest BCUT2D eigenvalue weighted by molar-refractivity contribution is 0.0642. The number of fused-ring (bicyclic) bond motifs is 1. The van der Waals surface area contributed by atoms with Crippen molar-refractivity contribution in [2.24, 2.45) is 0 Å². The Morgan fingerprint density at radius 2 is 1.68 bits per heavy atom. The highest BCUT2D eigenvalue weighted by molar-refractivity contribution is 7.18. The fourth-order valence-corrected chi connectivity index (χ4v) is 5.46. The second kappa shape index (κ2) is 10.9. The van der Waals surface area contributed by atoms with Crippen molar-refractivity contribution in [3.05, 3.63) is 86.1 Å². The molecule has 0 radical (unpaired) electrons. The van der Waals surface area contributed by atoms with Crippen molar-refractivity contribution in [3.63, 3.8) is 0 Å². The molecule has 2 aromatic carbocycles. The van der Waals surface area contributed by atoms with Crippen molar-refractivity contribution in [2.45, 2.75) is 13.1 Å². The van der Waals surface area contributed by atoms with Gasteiger partial charge in [0.25, 0.3) is 17.7 Å². The lowest BCUT2D eigenvalue weighted by Crippen LogP contribution is -2.50. The first kappa shape index (κ1) is 25.9. The van der Waals surface area contributed by atoms with Crippen molar-refractivity contribution in [2.75, 3.05) is 38.5 Å². The fraction of sp³-hybridized carbons (Fsp3) is 0.259. The van der Waals surface area contributed by atoms with Crippen LogP contribution in [0.3, 0.4) is 0 Å². The highest BCUT2D eigenvalue weighted by atomic mass is 35.5. The van der Waals surface area contributed by atoms with Gasteiger partial charge in [0.2, 0.25) is 0 Å². The van der Waals surface area contributed by atoms with Gasteiger partial charge in [-0.1, -0.05) is 41.9 Å². The highest BCUT2D eigenvalue weighted by Crippen LogP contribution is 2.31. The molecule has 3 heterocycles. The van der Waals surface area contributed by atoms with Gasteiger partial charge in [0, 0.05) is 32.7 Å². The van der Waals surface area contributed by atoms with Crippen LogP contribution in [0.2, 0.25) is 4.34 Å². The Morgan fingerprint density at radius 1 is 0.947 bits per heavy atom. The lowest BCUT2D eigenvalue weighted by Gasteiger charge is -2.32. The minimum Gasteiger partial charge on any atom is -0.334 e. The molecular formula is C27H26ClN5O4S. The number of halogens is 1. The number of nitrogens with one attached hydrogen (secondary N) is 2. The Bertz CT molecular complexity index is 1420. The molecule has 9 nitrogen and oxygen atoms in total. The van der Waals surface area contributed by atoms with Crippen LogP contribution in [0, 0.1) is 0 Å². The van der Waals surface area contributed by atoms with Crippen molar-refractivity contribution in [1.29, 1.82) is 0 Å². The molecule has 1 fully saturated rings. The first-order valence-electron chi connectivity index (χ1n) is 12.1. The number of hydrogen-bond acceptors (Lipinski definition) is 6. The van der Waals surface area contributed by atoms with Gasteiger partial charge < -0.3 is 20.4 Å². The summed E-state index contributed by atoms with van der Waals surface area (Å²) in [6.07, 6.45) is 0. The Morgan fingerprint density at radius 3 is 2.42 bits per heavy atom. The zero-order valence-corrected chi connectivity index (χ0v) is 22.3. The molecule has 0 unspecified atom stereocenters. The third-order valence-corrected chi connectivity index (χ3v) is 7.84. The van der Waals surface area contributed by atoms with Gasteiger partial charge in [-0.05, 0) is 42.4 Å². The molecule has 196 valence electrons. The monoisotopic (exact) mass is 551 g/mol. The third kappa shape index (κ3) is 5.42. The van der Waals surface area contributed by atoms with Crippen LogP contribution in [0.5, 0.6) is 0 Å². The van der Waals surface area contributed by atoms with Crippen LogP contribution in [0.15, 0.2) is 54.6 Å². The van der Waals surface area contributed by atoms with Crippen molar-refractivity contribution < 1.29 is 19.2 Å². The Kier molecular flexibility index (Phi) is 7.46. The van der Waals surface area contributed by atoms with E-state index in [1.54, 1.807) is 35.2 Å². The zero-order chi connectivity index (χ0) is 26.8. The summed E-state index contributed by atoms with van der Waals surface area (Å²) in [6, 6.07) is 15.4. The van der Waals surface area contributed by atoms with Gasteiger partial charge in [-0.15, -0.1) is 11.3 Å². The summed E-state index contributed by atoms with van der Waals surface area (Å²) in [7, 11) is 2.04. The van der Waals surface area contributed by atoms with E-state index < -0.39 is 17.7 Å². The maximum atomic E-state index is 13.3. The number of thiophene rings is 1.